The SMILES string of the molecule is CCOC(=O)CSc1nc(C[NH+]2CCC(C)CC2)nc2sc3c(c12)CCC3. The number of aryl methyl sites for hydroxylation is 2. The van der Waals surface area contributed by atoms with Crippen molar-refractivity contribution in [1.29, 1.82) is 0 Å². The lowest BCUT2D eigenvalue weighted by molar-refractivity contribution is -0.920. The number of fused-ring (bicyclic) bond motifs is 3. The highest BCUT2D eigenvalue weighted by Crippen LogP contribution is 2.40. The summed E-state index contributed by atoms with van der Waals surface area (Å²) in [4.78, 5) is 25.9. The molecule has 2 aromatic rings. The zero-order valence-corrected chi connectivity index (χ0v) is 17.8. The molecule has 1 saturated heterocycles. The molecule has 0 atom stereocenters. The van der Waals surface area contributed by atoms with Gasteiger partial charge in [0.2, 0.25) is 0 Å². The van der Waals surface area contributed by atoms with Gasteiger partial charge in [-0.2, -0.15) is 0 Å². The topological polar surface area (TPSA) is 56.5 Å². The number of thioether (sulfide) groups is 1. The monoisotopic (exact) mass is 406 g/mol. The maximum absolute atomic E-state index is 11.9. The first-order valence-corrected chi connectivity index (χ1v) is 11.9. The van der Waals surface area contributed by atoms with E-state index in [-0.39, 0.29) is 5.97 Å². The summed E-state index contributed by atoms with van der Waals surface area (Å²) in [6.45, 7) is 7.91. The summed E-state index contributed by atoms with van der Waals surface area (Å²) < 4.78 is 5.11. The van der Waals surface area contributed by atoms with Gasteiger partial charge >= 0.3 is 5.97 Å². The number of piperidine rings is 1. The number of aromatic nitrogens is 2. The molecular formula is C20H28N3O2S2+. The van der Waals surface area contributed by atoms with Gasteiger partial charge in [0, 0.05) is 10.3 Å². The van der Waals surface area contributed by atoms with Crippen molar-refractivity contribution in [3.05, 3.63) is 16.3 Å². The third-order valence-electron chi connectivity index (χ3n) is 5.60. The van der Waals surface area contributed by atoms with Crippen LogP contribution in [0.4, 0.5) is 0 Å². The second-order valence-electron chi connectivity index (χ2n) is 7.69. The van der Waals surface area contributed by atoms with E-state index in [1.165, 1.54) is 59.9 Å². The lowest BCUT2D eigenvalue weighted by atomic mass is 9.99. The van der Waals surface area contributed by atoms with Crippen LogP contribution in [-0.2, 0) is 28.9 Å². The first-order valence-electron chi connectivity index (χ1n) is 10.1. The number of nitrogens with zero attached hydrogens (tertiary/aromatic N) is 2. The standard InChI is InChI=1S/C20H27N3O2S2/c1-3-25-17(24)12-26-19-18-14-5-4-6-15(14)27-20(18)22-16(21-19)11-23-9-7-13(2)8-10-23/h13H,3-12H2,1-2H3/p+1. The van der Waals surface area contributed by atoms with Crippen LogP contribution in [0.1, 0.15) is 49.4 Å². The highest BCUT2D eigenvalue weighted by atomic mass is 32.2. The van der Waals surface area contributed by atoms with Crippen LogP contribution in [0.3, 0.4) is 0 Å². The van der Waals surface area contributed by atoms with Crippen LogP contribution in [0.25, 0.3) is 10.2 Å². The molecule has 5 nitrogen and oxygen atoms in total. The maximum atomic E-state index is 11.9. The Morgan fingerprint density at radius 2 is 2.11 bits per heavy atom. The van der Waals surface area contributed by atoms with Gasteiger partial charge < -0.3 is 9.64 Å². The Labute approximate surface area is 168 Å². The number of nitrogens with one attached hydrogen (secondary N) is 1. The van der Waals surface area contributed by atoms with Crippen LogP contribution in [0.15, 0.2) is 5.03 Å². The number of ether oxygens (including phenoxy) is 1. The van der Waals surface area contributed by atoms with Crippen LogP contribution in [0, 0.1) is 5.92 Å². The second kappa shape index (κ2) is 8.45. The molecule has 0 unspecified atom stereocenters. The Kier molecular flexibility index (Phi) is 5.99. The van der Waals surface area contributed by atoms with Crippen molar-refractivity contribution < 1.29 is 14.4 Å². The van der Waals surface area contributed by atoms with Gasteiger partial charge in [-0.05, 0) is 50.5 Å². The van der Waals surface area contributed by atoms with Crippen molar-refractivity contribution in [1.82, 2.24) is 9.97 Å². The summed E-state index contributed by atoms with van der Waals surface area (Å²) in [6.07, 6.45) is 6.06. The zero-order valence-electron chi connectivity index (χ0n) is 16.2. The van der Waals surface area contributed by atoms with Gasteiger partial charge in [-0.25, -0.2) is 9.97 Å². The largest absolute Gasteiger partial charge is 0.465 e. The number of hydrogen-bond acceptors (Lipinski definition) is 6. The molecule has 1 fully saturated rings. The summed E-state index contributed by atoms with van der Waals surface area (Å²) in [5.74, 6) is 1.92. The van der Waals surface area contributed by atoms with Gasteiger partial charge in [-0.3, -0.25) is 4.79 Å². The van der Waals surface area contributed by atoms with Crippen LogP contribution in [0.2, 0.25) is 0 Å². The average molecular weight is 407 g/mol. The average Bonchev–Trinajstić information content (AvgIpc) is 3.22. The minimum absolute atomic E-state index is 0.168. The molecule has 2 aromatic heterocycles. The summed E-state index contributed by atoms with van der Waals surface area (Å²) in [7, 11) is 0. The quantitative estimate of drug-likeness (QED) is 0.454. The molecule has 0 aromatic carbocycles. The van der Waals surface area contributed by atoms with E-state index < -0.39 is 0 Å². The number of hydrogen-bond donors (Lipinski definition) is 1. The number of thiophene rings is 1. The third-order valence-corrected chi connectivity index (χ3v) is 7.73. The highest BCUT2D eigenvalue weighted by Gasteiger charge is 2.25. The smallest absolute Gasteiger partial charge is 0.316 e. The fourth-order valence-corrected chi connectivity index (χ4v) is 6.31. The van der Waals surface area contributed by atoms with Crippen LogP contribution in [-0.4, -0.2) is 41.4 Å². The Morgan fingerprint density at radius 1 is 1.30 bits per heavy atom. The molecule has 0 spiro atoms. The molecule has 0 saturated carbocycles. The zero-order chi connectivity index (χ0) is 18.8. The third kappa shape index (κ3) is 4.30. The molecule has 1 N–H and O–H groups in total. The van der Waals surface area contributed by atoms with Gasteiger partial charge in [0.1, 0.15) is 16.4 Å². The van der Waals surface area contributed by atoms with E-state index in [0.717, 1.165) is 41.0 Å². The highest BCUT2D eigenvalue weighted by molar-refractivity contribution is 8.00. The molecule has 4 rings (SSSR count). The van der Waals surface area contributed by atoms with Gasteiger partial charge in [0.15, 0.2) is 5.82 Å². The van der Waals surface area contributed by atoms with Crippen molar-refractivity contribution in [2.75, 3.05) is 25.4 Å². The molecule has 2 aliphatic rings. The van der Waals surface area contributed by atoms with Crippen LogP contribution < -0.4 is 4.90 Å². The van der Waals surface area contributed by atoms with Gasteiger partial charge in [-0.15, -0.1) is 11.3 Å². The molecule has 27 heavy (non-hydrogen) atoms. The van der Waals surface area contributed by atoms with Crippen LogP contribution in [0.5, 0.6) is 0 Å². The number of likely N-dealkylation sites (tertiary alicyclic amines) is 1. The molecule has 0 bridgehead atoms. The Morgan fingerprint density at radius 3 is 2.89 bits per heavy atom. The normalized spacial score (nSPS) is 22.1. The molecular weight excluding hydrogens is 378 g/mol. The lowest BCUT2D eigenvalue weighted by Gasteiger charge is -2.26. The summed E-state index contributed by atoms with van der Waals surface area (Å²) in [5.41, 5.74) is 1.42. The molecule has 146 valence electrons. The fraction of sp³-hybridized carbons (Fsp3) is 0.650. The molecule has 0 amide bonds. The lowest BCUT2D eigenvalue weighted by Crippen LogP contribution is -3.11. The van der Waals surface area contributed by atoms with E-state index in [9.17, 15) is 4.79 Å². The van der Waals surface area contributed by atoms with E-state index in [1.807, 2.05) is 18.3 Å². The number of rotatable bonds is 6. The van der Waals surface area contributed by atoms with Crippen LogP contribution >= 0.6 is 23.1 Å². The molecule has 1 aliphatic carbocycles. The first-order chi connectivity index (χ1) is 13.1. The van der Waals surface area contributed by atoms with Gasteiger partial charge in [-0.1, -0.05) is 18.7 Å². The van der Waals surface area contributed by atoms with Crippen molar-refractivity contribution in [2.45, 2.75) is 57.5 Å². The summed E-state index contributed by atoms with van der Waals surface area (Å²) in [5, 5.41) is 2.18. The predicted molar refractivity (Wildman–Crippen MR) is 110 cm³/mol. The fourth-order valence-electron chi connectivity index (χ4n) is 4.09. The molecule has 0 radical (unpaired) electrons. The number of carbonyl (C=O) groups is 1. The van der Waals surface area contributed by atoms with E-state index in [1.54, 1.807) is 4.90 Å². The maximum Gasteiger partial charge on any atom is 0.316 e. The van der Waals surface area contributed by atoms with Crippen molar-refractivity contribution in [3.8, 4) is 0 Å². The van der Waals surface area contributed by atoms with Gasteiger partial charge in [0.25, 0.3) is 0 Å². The van der Waals surface area contributed by atoms with Crippen molar-refractivity contribution in [2.24, 2.45) is 5.92 Å². The molecule has 1 aliphatic heterocycles. The summed E-state index contributed by atoms with van der Waals surface area (Å²) >= 11 is 3.35. The van der Waals surface area contributed by atoms with E-state index >= 15 is 0 Å². The Bertz CT molecular complexity index is 828. The first kappa shape index (κ1) is 19.2. The molecule has 3 heterocycles. The minimum atomic E-state index is -0.168. The predicted octanol–water partition coefficient (Wildman–Crippen LogP) is 2.65. The number of esters is 1. The minimum Gasteiger partial charge on any atom is -0.465 e. The number of carbonyl (C=O) groups excluding carboxylic acids is 1. The van der Waals surface area contributed by atoms with Gasteiger partial charge in [0.05, 0.1) is 25.4 Å². The van der Waals surface area contributed by atoms with E-state index in [0.29, 0.717) is 12.4 Å². The van der Waals surface area contributed by atoms with E-state index in [4.69, 9.17) is 14.7 Å². The Hall–Kier alpha value is -1.18. The van der Waals surface area contributed by atoms with E-state index in [2.05, 4.69) is 6.92 Å². The number of quaternary nitrogens is 1. The molecule has 7 heteroatoms. The van der Waals surface area contributed by atoms with Crippen molar-refractivity contribution >= 4 is 39.3 Å². The Balaban J connectivity index is 1.60. The summed E-state index contributed by atoms with van der Waals surface area (Å²) in [6, 6.07) is 0. The van der Waals surface area contributed by atoms with Crippen molar-refractivity contribution in [3.63, 3.8) is 0 Å². The second-order valence-corrected chi connectivity index (χ2v) is 9.73.